The Morgan fingerprint density at radius 3 is 2.38 bits per heavy atom. The molecule has 3 fully saturated rings. The summed E-state index contributed by atoms with van der Waals surface area (Å²) < 4.78 is 0. The third-order valence-corrected chi connectivity index (χ3v) is 8.93. The van der Waals surface area contributed by atoms with Gasteiger partial charge in [-0.15, -0.1) is 0 Å². The lowest BCUT2D eigenvalue weighted by Gasteiger charge is -2.58. The van der Waals surface area contributed by atoms with E-state index in [0.717, 1.165) is 35.5 Å². The summed E-state index contributed by atoms with van der Waals surface area (Å²) in [6, 6.07) is 0. The molecule has 1 nitrogen and oxygen atoms in total. The number of allylic oxidation sites excluding steroid dienone is 1. The van der Waals surface area contributed by atoms with Crippen molar-refractivity contribution >= 4 is 0 Å². The largest absolute Gasteiger partial charge is 0.304 e. The molecule has 2 bridgehead atoms. The van der Waals surface area contributed by atoms with Crippen LogP contribution in [0.4, 0.5) is 0 Å². The van der Waals surface area contributed by atoms with Gasteiger partial charge < -0.3 is 5.32 Å². The average molecular weight is 330 g/mol. The van der Waals surface area contributed by atoms with Crippen LogP contribution in [0.25, 0.3) is 0 Å². The molecule has 0 aromatic rings. The van der Waals surface area contributed by atoms with Gasteiger partial charge in [-0.3, -0.25) is 0 Å². The number of nitrogens with one attached hydrogen (secondary N) is 1. The Bertz CT molecular complexity index is 552. The first kappa shape index (κ1) is 17.1. The van der Waals surface area contributed by atoms with Crippen LogP contribution in [0.5, 0.6) is 0 Å². The summed E-state index contributed by atoms with van der Waals surface area (Å²) in [5.41, 5.74) is 3.12. The fourth-order valence-electron chi connectivity index (χ4n) is 7.86. The standard InChI is InChI=1S/C23H39N/c1-8-15(4)19-11-21(6,7)12-20-22(13-24-22)18-10-9-17(14(2)3)23(19,20)16(18)5/h12,14-19,24H,8-11,13H2,1-7H3. The molecule has 24 heavy (non-hydrogen) atoms. The summed E-state index contributed by atoms with van der Waals surface area (Å²) in [5.74, 6) is 5.13. The molecule has 7 atom stereocenters. The monoisotopic (exact) mass is 329 g/mol. The maximum atomic E-state index is 3.91. The molecule has 1 N–H and O–H groups in total. The molecule has 0 amide bonds. The maximum Gasteiger partial charge on any atom is 0.0558 e. The van der Waals surface area contributed by atoms with Crippen LogP contribution in [0, 0.1) is 46.3 Å². The maximum absolute atomic E-state index is 3.91. The summed E-state index contributed by atoms with van der Waals surface area (Å²) in [5, 5.41) is 3.91. The smallest absolute Gasteiger partial charge is 0.0558 e. The molecular formula is C23H39N. The van der Waals surface area contributed by atoms with E-state index in [2.05, 4.69) is 59.9 Å². The molecule has 1 heterocycles. The van der Waals surface area contributed by atoms with Gasteiger partial charge in [0.25, 0.3) is 0 Å². The van der Waals surface area contributed by atoms with E-state index < -0.39 is 0 Å². The Labute approximate surface area is 150 Å². The zero-order valence-corrected chi connectivity index (χ0v) is 17.1. The van der Waals surface area contributed by atoms with Gasteiger partial charge in [0.1, 0.15) is 0 Å². The van der Waals surface area contributed by atoms with Crippen molar-refractivity contribution < 1.29 is 0 Å². The first-order chi connectivity index (χ1) is 11.2. The second-order valence-electron chi connectivity index (χ2n) is 10.8. The van der Waals surface area contributed by atoms with Crippen molar-refractivity contribution in [3.63, 3.8) is 0 Å². The second kappa shape index (κ2) is 5.12. The van der Waals surface area contributed by atoms with Crippen LogP contribution in [-0.4, -0.2) is 12.1 Å². The molecule has 0 aromatic carbocycles. The third-order valence-electron chi connectivity index (χ3n) is 8.93. The lowest BCUT2D eigenvalue weighted by Crippen LogP contribution is -2.52. The van der Waals surface area contributed by atoms with Gasteiger partial charge in [0, 0.05) is 12.0 Å². The van der Waals surface area contributed by atoms with E-state index in [4.69, 9.17) is 0 Å². The van der Waals surface area contributed by atoms with Crippen molar-refractivity contribution in [3.8, 4) is 0 Å². The van der Waals surface area contributed by atoms with Gasteiger partial charge in [0.05, 0.1) is 5.54 Å². The minimum Gasteiger partial charge on any atom is -0.304 e. The molecule has 2 spiro atoms. The first-order valence-corrected chi connectivity index (χ1v) is 10.7. The van der Waals surface area contributed by atoms with Crippen molar-refractivity contribution in [1.82, 2.24) is 5.32 Å². The van der Waals surface area contributed by atoms with E-state index in [1.54, 1.807) is 0 Å². The number of rotatable bonds is 3. The van der Waals surface area contributed by atoms with Crippen LogP contribution in [-0.2, 0) is 0 Å². The third kappa shape index (κ3) is 1.91. The van der Waals surface area contributed by atoms with E-state index in [1.807, 2.05) is 5.57 Å². The van der Waals surface area contributed by atoms with E-state index >= 15 is 0 Å². The predicted octanol–water partition coefficient (Wildman–Crippen LogP) is 5.67. The van der Waals surface area contributed by atoms with E-state index in [-0.39, 0.29) is 0 Å². The minimum atomic E-state index is 0.366. The van der Waals surface area contributed by atoms with Gasteiger partial charge in [-0.2, -0.15) is 0 Å². The Morgan fingerprint density at radius 1 is 1.17 bits per heavy atom. The number of fused-ring (bicyclic) bond motifs is 3. The molecule has 1 aliphatic heterocycles. The van der Waals surface area contributed by atoms with Crippen LogP contribution >= 0.6 is 0 Å². The van der Waals surface area contributed by atoms with Gasteiger partial charge >= 0.3 is 0 Å². The molecule has 4 rings (SSSR count). The van der Waals surface area contributed by atoms with Crippen molar-refractivity contribution in [2.45, 2.75) is 79.7 Å². The van der Waals surface area contributed by atoms with Gasteiger partial charge in [-0.25, -0.2) is 0 Å². The molecule has 1 saturated heterocycles. The Hall–Kier alpha value is -0.300. The normalized spacial score (nSPS) is 49.9. The number of hydrogen-bond acceptors (Lipinski definition) is 1. The highest BCUT2D eigenvalue weighted by Crippen LogP contribution is 2.75. The fraction of sp³-hybridized carbons (Fsp3) is 0.913. The van der Waals surface area contributed by atoms with Crippen LogP contribution in [0.1, 0.15) is 74.1 Å². The summed E-state index contributed by atoms with van der Waals surface area (Å²) in [6.45, 7) is 18.9. The van der Waals surface area contributed by atoms with Gasteiger partial charge in [-0.05, 0) is 65.8 Å². The van der Waals surface area contributed by atoms with Crippen LogP contribution < -0.4 is 5.32 Å². The minimum absolute atomic E-state index is 0.366. The van der Waals surface area contributed by atoms with Gasteiger partial charge in [-0.1, -0.05) is 61.0 Å². The molecular weight excluding hydrogens is 290 g/mol. The summed E-state index contributed by atoms with van der Waals surface area (Å²) >= 11 is 0. The SMILES string of the molecule is CCC(C)C1CC(C)(C)C=C2C3(CN3)C3CCC(C(C)C)C21C3C. The molecule has 0 aromatic heterocycles. The summed E-state index contributed by atoms with van der Waals surface area (Å²) in [6.07, 6.45) is 8.40. The quantitative estimate of drug-likeness (QED) is 0.523. The molecule has 3 aliphatic carbocycles. The molecule has 0 radical (unpaired) electrons. The Morgan fingerprint density at radius 2 is 1.83 bits per heavy atom. The highest BCUT2D eigenvalue weighted by Gasteiger charge is 2.74. The van der Waals surface area contributed by atoms with Gasteiger partial charge in [0.2, 0.25) is 0 Å². The highest BCUT2D eigenvalue weighted by molar-refractivity contribution is 5.48. The highest BCUT2D eigenvalue weighted by atomic mass is 15.2. The van der Waals surface area contributed by atoms with Crippen molar-refractivity contribution in [3.05, 3.63) is 11.6 Å². The van der Waals surface area contributed by atoms with Crippen LogP contribution in [0.3, 0.4) is 0 Å². The topological polar surface area (TPSA) is 21.9 Å². The summed E-state index contributed by atoms with van der Waals surface area (Å²) in [7, 11) is 0. The zero-order chi connectivity index (χ0) is 17.5. The van der Waals surface area contributed by atoms with Crippen molar-refractivity contribution in [2.24, 2.45) is 46.3 Å². The Balaban J connectivity index is 1.95. The van der Waals surface area contributed by atoms with E-state index in [9.17, 15) is 0 Å². The Kier molecular flexibility index (Phi) is 3.65. The van der Waals surface area contributed by atoms with Crippen LogP contribution in [0.15, 0.2) is 11.6 Å². The first-order valence-electron chi connectivity index (χ1n) is 10.7. The van der Waals surface area contributed by atoms with Gasteiger partial charge in [0.15, 0.2) is 0 Å². The van der Waals surface area contributed by atoms with Crippen molar-refractivity contribution in [2.75, 3.05) is 6.54 Å². The van der Waals surface area contributed by atoms with E-state index in [0.29, 0.717) is 16.4 Å². The zero-order valence-electron chi connectivity index (χ0n) is 17.1. The molecule has 136 valence electrons. The number of hydrogen-bond donors (Lipinski definition) is 1. The molecule has 7 unspecified atom stereocenters. The lowest BCUT2D eigenvalue weighted by atomic mass is 9.46. The fourth-order valence-corrected chi connectivity index (χ4v) is 7.86. The second-order valence-corrected chi connectivity index (χ2v) is 10.8. The van der Waals surface area contributed by atoms with Crippen LogP contribution in [0.2, 0.25) is 0 Å². The van der Waals surface area contributed by atoms with Crippen molar-refractivity contribution in [1.29, 1.82) is 0 Å². The molecule has 4 aliphatic rings. The van der Waals surface area contributed by atoms with E-state index in [1.165, 1.54) is 32.2 Å². The average Bonchev–Trinajstić information content (AvgIpc) is 3.29. The molecule has 1 heteroatoms. The predicted molar refractivity (Wildman–Crippen MR) is 103 cm³/mol. The lowest BCUT2D eigenvalue weighted by molar-refractivity contribution is -0.0541. The summed E-state index contributed by atoms with van der Waals surface area (Å²) in [4.78, 5) is 0. The molecule has 2 saturated carbocycles.